The number of nitrogens with zero attached hydrogens (tertiary/aromatic N) is 5. The first kappa shape index (κ1) is 20.2. The second kappa shape index (κ2) is 7.31. The molecule has 1 aliphatic heterocycles. The first-order valence-corrected chi connectivity index (χ1v) is 11.2. The topological polar surface area (TPSA) is 72.3 Å². The summed E-state index contributed by atoms with van der Waals surface area (Å²) in [6.45, 7) is 3.43. The summed E-state index contributed by atoms with van der Waals surface area (Å²) in [5.41, 5.74) is 11.0. The van der Waals surface area contributed by atoms with Gasteiger partial charge in [0.05, 0.1) is 17.6 Å². The Morgan fingerprint density at radius 1 is 1.09 bits per heavy atom. The lowest BCUT2D eigenvalue weighted by molar-refractivity contribution is 0.187. The van der Waals surface area contributed by atoms with Crippen molar-refractivity contribution in [2.24, 2.45) is 11.1 Å². The van der Waals surface area contributed by atoms with E-state index in [4.69, 9.17) is 10.7 Å². The summed E-state index contributed by atoms with van der Waals surface area (Å²) in [6.07, 6.45) is 6.29. The van der Waals surface area contributed by atoms with Crippen LogP contribution in [0.1, 0.15) is 35.8 Å². The largest absolute Gasteiger partial charge is 0.355 e. The molecule has 6 rings (SSSR count). The quantitative estimate of drug-likeness (QED) is 0.499. The van der Waals surface area contributed by atoms with Gasteiger partial charge in [0.1, 0.15) is 17.2 Å². The summed E-state index contributed by atoms with van der Waals surface area (Å²) in [5, 5.41) is 4.42. The smallest absolute Gasteiger partial charge is 0.155 e. The molecule has 1 spiro atoms. The van der Waals surface area contributed by atoms with Gasteiger partial charge in [-0.1, -0.05) is 6.07 Å². The van der Waals surface area contributed by atoms with Gasteiger partial charge in [-0.2, -0.15) is 5.10 Å². The number of anilines is 1. The van der Waals surface area contributed by atoms with Crippen LogP contribution in [0.2, 0.25) is 0 Å². The van der Waals surface area contributed by atoms with Gasteiger partial charge in [-0.15, -0.1) is 0 Å². The molecular formula is C25H24F2N6. The molecule has 0 saturated carbocycles. The van der Waals surface area contributed by atoms with Gasteiger partial charge in [-0.05, 0) is 67.5 Å². The molecule has 1 saturated heterocycles. The Balaban J connectivity index is 1.34. The predicted octanol–water partition coefficient (Wildman–Crippen LogP) is 4.22. The van der Waals surface area contributed by atoms with Crippen LogP contribution in [0.25, 0.3) is 16.8 Å². The molecular weight excluding hydrogens is 422 g/mol. The minimum absolute atomic E-state index is 0.00800. The van der Waals surface area contributed by atoms with Crippen molar-refractivity contribution in [3.05, 3.63) is 77.4 Å². The SMILES string of the molecule is Cc1nc(N2CCC3(CC2)Cc2ncccc2[C@H]3N)c2ccnn2c1-c1cc(F)ccc1F. The number of piperidine rings is 1. The molecule has 2 aliphatic rings. The van der Waals surface area contributed by atoms with Crippen LogP contribution in [-0.2, 0) is 6.42 Å². The van der Waals surface area contributed by atoms with Gasteiger partial charge >= 0.3 is 0 Å². The predicted molar refractivity (Wildman–Crippen MR) is 122 cm³/mol. The molecule has 6 nitrogen and oxygen atoms in total. The fraction of sp³-hybridized carbons (Fsp3) is 0.320. The Labute approximate surface area is 190 Å². The first-order valence-electron chi connectivity index (χ1n) is 11.2. The molecule has 1 atom stereocenters. The van der Waals surface area contributed by atoms with E-state index in [-0.39, 0.29) is 17.0 Å². The third-order valence-electron chi connectivity index (χ3n) is 7.38. The minimum Gasteiger partial charge on any atom is -0.355 e. The maximum atomic E-state index is 14.6. The molecule has 0 amide bonds. The minimum atomic E-state index is -0.505. The van der Waals surface area contributed by atoms with E-state index < -0.39 is 11.6 Å². The van der Waals surface area contributed by atoms with Crippen LogP contribution in [-0.4, -0.2) is 32.7 Å². The van der Waals surface area contributed by atoms with Crippen molar-refractivity contribution in [2.75, 3.05) is 18.0 Å². The first-order chi connectivity index (χ1) is 16.0. The van der Waals surface area contributed by atoms with Gasteiger partial charge in [-0.3, -0.25) is 4.98 Å². The molecule has 1 fully saturated rings. The van der Waals surface area contributed by atoms with Crippen LogP contribution in [0.3, 0.4) is 0 Å². The summed E-state index contributed by atoms with van der Waals surface area (Å²) in [4.78, 5) is 11.7. The van der Waals surface area contributed by atoms with E-state index in [1.807, 2.05) is 25.3 Å². The highest BCUT2D eigenvalue weighted by Crippen LogP contribution is 2.50. The molecule has 1 aromatic carbocycles. The highest BCUT2D eigenvalue weighted by Gasteiger charge is 2.46. The Morgan fingerprint density at radius 3 is 2.70 bits per heavy atom. The van der Waals surface area contributed by atoms with Gasteiger partial charge in [0.2, 0.25) is 0 Å². The Kier molecular flexibility index (Phi) is 4.48. The normalized spacial score (nSPS) is 19.4. The van der Waals surface area contributed by atoms with Crippen LogP contribution < -0.4 is 10.6 Å². The van der Waals surface area contributed by atoms with E-state index >= 15 is 0 Å². The van der Waals surface area contributed by atoms with Crippen molar-refractivity contribution in [3.8, 4) is 11.3 Å². The maximum Gasteiger partial charge on any atom is 0.155 e. The second-order valence-electron chi connectivity index (χ2n) is 9.17. The molecule has 0 bridgehead atoms. The summed E-state index contributed by atoms with van der Waals surface area (Å²) >= 11 is 0. The second-order valence-corrected chi connectivity index (χ2v) is 9.17. The number of fused-ring (bicyclic) bond motifs is 2. The van der Waals surface area contributed by atoms with E-state index in [2.05, 4.69) is 21.0 Å². The number of nitrogens with two attached hydrogens (primary N) is 1. The third-order valence-corrected chi connectivity index (χ3v) is 7.38. The molecule has 168 valence electrons. The van der Waals surface area contributed by atoms with Crippen LogP contribution in [0.5, 0.6) is 0 Å². The lowest BCUT2D eigenvalue weighted by atomic mass is 9.73. The van der Waals surface area contributed by atoms with Crippen LogP contribution in [0.4, 0.5) is 14.6 Å². The number of pyridine rings is 1. The van der Waals surface area contributed by atoms with E-state index in [0.717, 1.165) is 61.5 Å². The van der Waals surface area contributed by atoms with Crippen molar-refractivity contribution < 1.29 is 8.78 Å². The van der Waals surface area contributed by atoms with Crippen LogP contribution in [0, 0.1) is 24.0 Å². The van der Waals surface area contributed by atoms with Gasteiger partial charge in [-0.25, -0.2) is 18.3 Å². The van der Waals surface area contributed by atoms with E-state index in [0.29, 0.717) is 11.4 Å². The number of benzene rings is 1. The number of aromatic nitrogens is 4. The molecule has 8 heteroatoms. The molecule has 4 aromatic rings. The summed E-state index contributed by atoms with van der Waals surface area (Å²) in [5.74, 6) is -0.198. The number of hydrogen-bond donors (Lipinski definition) is 1. The lowest BCUT2D eigenvalue weighted by Crippen LogP contribution is -2.44. The highest BCUT2D eigenvalue weighted by molar-refractivity contribution is 5.75. The van der Waals surface area contributed by atoms with E-state index in [9.17, 15) is 8.78 Å². The fourth-order valence-corrected chi connectivity index (χ4v) is 5.60. The number of rotatable bonds is 2. The van der Waals surface area contributed by atoms with Crippen LogP contribution in [0.15, 0.2) is 48.8 Å². The van der Waals surface area contributed by atoms with E-state index in [1.165, 1.54) is 11.6 Å². The summed E-state index contributed by atoms with van der Waals surface area (Å²) in [7, 11) is 0. The zero-order valence-corrected chi connectivity index (χ0v) is 18.3. The molecule has 0 unspecified atom stereocenters. The van der Waals surface area contributed by atoms with Gasteiger partial charge < -0.3 is 10.6 Å². The molecule has 4 heterocycles. The Morgan fingerprint density at radius 2 is 1.91 bits per heavy atom. The lowest BCUT2D eigenvalue weighted by Gasteiger charge is -2.42. The highest BCUT2D eigenvalue weighted by atomic mass is 19.1. The molecule has 1 aliphatic carbocycles. The average molecular weight is 447 g/mol. The Hall–Kier alpha value is -3.39. The summed E-state index contributed by atoms with van der Waals surface area (Å²) in [6, 6.07) is 9.35. The van der Waals surface area contributed by atoms with E-state index in [1.54, 1.807) is 10.7 Å². The van der Waals surface area contributed by atoms with Crippen molar-refractivity contribution in [2.45, 2.75) is 32.2 Å². The summed E-state index contributed by atoms with van der Waals surface area (Å²) < 4.78 is 30.1. The zero-order valence-electron chi connectivity index (χ0n) is 18.3. The average Bonchev–Trinajstić information content (AvgIpc) is 3.40. The number of aryl methyl sites for hydroxylation is 1. The number of halogens is 2. The monoisotopic (exact) mass is 446 g/mol. The molecule has 2 N–H and O–H groups in total. The standard InChI is InChI=1S/C25H24F2N6/c1-15-22(18-13-16(26)4-5-19(18)27)33-21(6-10-30-33)24(31-15)32-11-7-25(8-12-32)14-20-17(23(25)28)3-2-9-29-20/h2-6,9-10,13,23H,7-8,11-12,14,28H2,1H3/t23-/m1/s1. The van der Waals surface area contributed by atoms with Gasteiger partial charge in [0, 0.05) is 36.6 Å². The third kappa shape index (κ3) is 3.04. The Bertz CT molecular complexity index is 1370. The van der Waals surface area contributed by atoms with Gasteiger partial charge in [0.25, 0.3) is 0 Å². The van der Waals surface area contributed by atoms with Crippen molar-refractivity contribution in [3.63, 3.8) is 0 Å². The maximum absolute atomic E-state index is 14.6. The van der Waals surface area contributed by atoms with Crippen molar-refractivity contribution in [1.82, 2.24) is 19.6 Å². The molecule has 0 radical (unpaired) electrons. The molecule has 33 heavy (non-hydrogen) atoms. The van der Waals surface area contributed by atoms with Crippen molar-refractivity contribution in [1.29, 1.82) is 0 Å². The fourth-order valence-electron chi connectivity index (χ4n) is 5.60. The van der Waals surface area contributed by atoms with Crippen molar-refractivity contribution >= 4 is 11.3 Å². The number of hydrogen-bond acceptors (Lipinski definition) is 5. The zero-order chi connectivity index (χ0) is 22.7. The molecule has 3 aromatic heterocycles. The van der Waals surface area contributed by atoms with Crippen LogP contribution >= 0.6 is 0 Å². The van der Waals surface area contributed by atoms with Gasteiger partial charge in [0.15, 0.2) is 5.82 Å².